The zero-order valence-corrected chi connectivity index (χ0v) is 21.5. The normalized spacial score (nSPS) is 11.0. The zero-order valence-electron chi connectivity index (χ0n) is 16.1. The lowest BCUT2D eigenvalue weighted by Crippen LogP contribution is -2.17. The molecule has 0 aliphatic carbocycles. The predicted octanol–water partition coefficient (Wildman–Crippen LogP) is 7.82. The predicted molar refractivity (Wildman–Crippen MR) is 134 cm³/mol. The van der Waals surface area contributed by atoms with E-state index in [-0.39, 0.29) is 12.5 Å². The highest BCUT2D eigenvalue weighted by molar-refractivity contribution is 9.11. The average molecular weight is 606 g/mol. The molecule has 0 fully saturated rings. The fourth-order valence-corrected chi connectivity index (χ4v) is 4.64. The van der Waals surface area contributed by atoms with Crippen LogP contribution in [0.15, 0.2) is 62.6 Å². The number of nitrogens with zero attached hydrogens (tertiary/aromatic N) is 1. The van der Waals surface area contributed by atoms with Crippen molar-refractivity contribution in [1.82, 2.24) is 5.43 Å². The van der Waals surface area contributed by atoms with Gasteiger partial charge >= 0.3 is 0 Å². The van der Waals surface area contributed by atoms with Gasteiger partial charge in [0, 0.05) is 26.2 Å². The largest absolute Gasteiger partial charge is 0.486 e. The molecule has 1 amide bonds. The van der Waals surface area contributed by atoms with Crippen molar-refractivity contribution in [2.75, 3.05) is 0 Å². The van der Waals surface area contributed by atoms with Gasteiger partial charge in [0.2, 0.25) is 0 Å². The molecule has 3 rings (SSSR count). The van der Waals surface area contributed by atoms with Crippen LogP contribution in [0, 0.1) is 6.92 Å². The van der Waals surface area contributed by atoms with Gasteiger partial charge in [-0.25, -0.2) is 5.43 Å². The smallest absolute Gasteiger partial charge is 0.271 e. The lowest BCUT2D eigenvalue weighted by molar-refractivity contribution is 0.0955. The molecule has 31 heavy (non-hydrogen) atoms. The van der Waals surface area contributed by atoms with Crippen molar-refractivity contribution >= 4 is 78.8 Å². The number of carbonyl (C=O) groups is 1. The average Bonchev–Trinajstić information content (AvgIpc) is 2.70. The summed E-state index contributed by atoms with van der Waals surface area (Å²) in [4.78, 5) is 12.2. The number of halogens is 5. The van der Waals surface area contributed by atoms with Crippen LogP contribution in [0.2, 0.25) is 15.1 Å². The van der Waals surface area contributed by atoms with Gasteiger partial charge in [-0.1, -0.05) is 46.9 Å². The Kier molecular flexibility index (Phi) is 8.42. The first-order chi connectivity index (χ1) is 14.7. The summed E-state index contributed by atoms with van der Waals surface area (Å²) in [7, 11) is 0. The molecule has 0 unspecified atom stereocenters. The van der Waals surface area contributed by atoms with Crippen molar-refractivity contribution in [2.24, 2.45) is 5.10 Å². The van der Waals surface area contributed by atoms with Gasteiger partial charge < -0.3 is 4.74 Å². The van der Waals surface area contributed by atoms with Gasteiger partial charge in [-0.2, -0.15) is 5.10 Å². The molecule has 3 aromatic rings. The summed E-state index contributed by atoms with van der Waals surface area (Å²) in [6.45, 7) is 2.14. The summed E-state index contributed by atoms with van der Waals surface area (Å²) < 4.78 is 7.33. The van der Waals surface area contributed by atoms with E-state index in [2.05, 4.69) is 42.4 Å². The highest BCUT2D eigenvalue weighted by Gasteiger charge is 2.11. The van der Waals surface area contributed by atoms with Crippen LogP contribution in [0.3, 0.4) is 0 Å². The third kappa shape index (κ3) is 6.46. The number of nitrogens with one attached hydrogen (secondary N) is 1. The molecule has 0 aliphatic rings. The molecule has 4 nitrogen and oxygen atoms in total. The SMILES string of the molecule is Cc1ccc(C(=O)N/N=C\c2cc(Br)c(OCc3ccc(Cl)cc3Cl)c(Br)c2)cc1Cl. The second-order valence-electron chi connectivity index (χ2n) is 6.50. The monoisotopic (exact) mass is 602 g/mol. The number of hydrogen-bond acceptors (Lipinski definition) is 3. The van der Waals surface area contributed by atoms with Crippen molar-refractivity contribution in [2.45, 2.75) is 13.5 Å². The summed E-state index contributed by atoms with van der Waals surface area (Å²) in [5, 5.41) is 5.65. The molecule has 0 aromatic heterocycles. The first kappa shape index (κ1) is 24.1. The van der Waals surface area contributed by atoms with Crippen LogP contribution in [-0.4, -0.2) is 12.1 Å². The van der Waals surface area contributed by atoms with Gasteiger partial charge in [-0.15, -0.1) is 0 Å². The summed E-state index contributed by atoms with van der Waals surface area (Å²) in [5.74, 6) is 0.262. The Morgan fingerprint density at radius 3 is 2.39 bits per heavy atom. The van der Waals surface area contributed by atoms with Gasteiger partial charge in [0.1, 0.15) is 12.4 Å². The Bertz CT molecular complexity index is 1150. The highest BCUT2D eigenvalue weighted by Crippen LogP contribution is 2.35. The molecule has 0 radical (unpaired) electrons. The van der Waals surface area contributed by atoms with Gasteiger partial charge in [0.25, 0.3) is 5.91 Å². The zero-order chi connectivity index (χ0) is 22.5. The van der Waals surface area contributed by atoms with Crippen LogP contribution in [-0.2, 0) is 6.61 Å². The Hall–Kier alpha value is -1.57. The van der Waals surface area contributed by atoms with Crippen LogP contribution >= 0.6 is 66.7 Å². The molecule has 1 N–H and O–H groups in total. The van der Waals surface area contributed by atoms with Crippen molar-refractivity contribution < 1.29 is 9.53 Å². The molecule has 3 aromatic carbocycles. The standard InChI is InChI=1S/C22H15Br2Cl3N2O2/c1-12-2-3-14(8-19(12)26)22(30)29-28-10-13-6-17(23)21(18(24)7-13)31-11-15-4-5-16(25)9-20(15)27/h2-10H,11H2,1H3,(H,29,30)/b28-10-. The van der Waals surface area contributed by atoms with E-state index in [1.807, 2.05) is 25.1 Å². The Morgan fingerprint density at radius 1 is 1.03 bits per heavy atom. The number of hydrogen-bond donors (Lipinski definition) is 1. The maximum Gasteiger partial charge on any atom is 0.271 e. The molecular formula is C22H15Br2Cl3N2O2. The number of amides is 1. The number of aryl methyl sites for hydroxylation is 1. The minimum atomic E-state index is -0.351. The molecule has 0 saturated heterocycles. The van der Waals surface area contributed by atoms with Crippen molar-refractivity contribution in [1.29, 1.82) is 0 Å². The van der Waals surface area contributed by atoms with Crippen molar-refractivity contribution in [3.63, 3.8) is 0 Å². The maximum absolute atomic E-state index is 12.2. The third-order valence-corrected chi connectivity index (χ3v) is 6.39. The van der Waals surface area contributed by atoms with E-state index in [9.17, 15) is 4.79 Å². The van der Waals surface area contributed by atoms with Crippen LogP contribution < -0.4 is 10.2 Å². The fraction of sp³-hybridized carbons (Fsp3) is 0.0909. The van der Waals surface area contributed by atoms with E-state index in [4.69, 9.17) is 39.5 Å². The van der Waals surface area contributed by atoms with E-state index < -0.39 is 0 Å². The lowest BCUT2D eigenvalue weighted by Gasteiger charge is -2.12. The Morgan fingerprint density at radius 2 is 1.74 bits per heavy atom. The van der Waals surface area contributed by atoms with Crippen LogP contribution in [0.25, 0.3) is 0 Å². The van der Waals surface area contributed by atoms with Gasteiger partial charge in [-0.05, 0) is 86.3 Å². The molecular weight excluding hydrogens is 590 g/mol. The van der Waals surface area contributed by atoms with Crippen molar-refractivity contribution in [3.8, 4) is 5.75 Å². The van der Waals surface area contributed by atoms with Gasteiger partial charge in [0.05, 0.1) is 15.2 Å². The number of hydrazone groups is 1. The molecule has 0 saturated carbocycles. The van der Waals surface area contributed by atoms with E-state index in [0.29, 0.717) is 35.3 Å². The van der Waals surface area contributed by atoms with Crippen LogP contribution in [0.4, 0.5) is 0 Å². The molecule has 0 bridgehead atoms. The molecule has 0 heterocycles. The fourth-order valence-electron chi connectivity index (χ4n) is 2.54. The van der Waals surface area contributed by atoms with Crippen LogP contribution in [0.5, 0.6) is 5.75 Å². The maximum atomic E-state index is 12.2. The highest BCUT2D eigenvalue weighted by atomic mass is 79.9. The van der Waals surface area contributed by atoms with Gasteiger partial charge in [0.15, 0.2) is 0 Å². The van der Waals surface area contributed by atoms with E-state index >= 15 is 0 Å². The summed E-state index contributed by atoms with van der Waals surface area (Å²) in [6, 6.07) is 14.0. The number of rotatable bonds is 6. The topological polar surface area (TPSA) is 50.7 Å². The van der Waals surface area contributed by atoms with Gasteiger partial charge in [-0.3, -0.25) is 4.79 Å². The summed E-state index contributed by atoms with van der Waals surface area (Å²) in [5.41, 5.74) is 5.38. The van der Waals surface area contributed by atoms with E-state index in [0.717, 1.165) is 16.7 Å². The lowest BCUT2D eigenvalue weighted by atomic mass is 10.1. The van der Waals surface area contributed by atoms with E-state index in [1.165, 1.54) is 6.21 Å². The number of benzene rings is 3. The molecule has 0 spiro atoms. The van der Waals surface area contributed by atoms with Crippen LogP contribution in [0.1, 0.15) is 27.0 Å². The molecule has 160 valence electrons. The first-order valence-electron chi connectivity index (χ1n) is 8.90. The quantitative estimate of drug-likeness (QED) is 0.230. The number of ether oxygens (including phenoxy) is 1. The minimum Gasteiger partial charge on any atom is -0.486 e. The third-order valence-electron chi connectivity index (χ3n) is 4.22. The van der Waals surface area contributed by atoms with Crippen molar-refractivity contribution in [3.05, 3.63) is 94.8 Å². The summed E-state index contributed by atoms with van der Waals surface area (Å²) in [6.07, 6.45) is 1.53. The second kappa shape index (κ2) is 10.8. The minimum absolute atomic E-state index is 0.274. The van der Waals surface area contributed by atoms with E-state index in [1.54, 1.807) is 30.3 Å². The second-order valence-corrected chi connectivity index (χ2v) is 9.46. The first-order valence-corrected chi connectivity index (χ1v) is 11.6. The molecule has 0 aliphatic heterocycles. The Balaban J connectivity index is 1.66. The molecule has 0 atom stereocenters. The summed E-state index contributed by atoms with van der Waals surface area (Å²) >= 11 is 25.2. The Labute approximate surface area is 211 Å². The number of carbonyl (C=O) groups excluding carboxylic acids is 1. The molecule has 9 heteroatoms.